The Morgan fingerprint density at radius 1 is 1.03 bits per heavy atom. The van der Waals surface area contributed by atoms with Crippen LogP contribution in [0.1, 0.15) is 48.0 Å². The van der Waals surface area contributed by atoms with E-state index in [0.717, 1.165) is 62.0 Å². The monoisotopic (exact) mass is 478 g/mol. The number of anilines is 1. The lowest BCUT2D eigenvalue weighted by atomic mass is 10.0. The van der Waals surface area contributed by atoms with Gasteiger partial charge in [-0.1, -0.05) is 6.07 Å². The van der Waals surface area contributed by atoms with Crippen molar-refractivity contribution >= 4 is 40.3 Å². The number of rotatable bonds is 6. The molecule has 3 aromatic rings. The first-order valence-corrected chi connectivity index (χ1v) is 12.8. The Bertz CT molecular complexity index is 1140. The van der Waals surface area contributed by atoms with Crippen molar-refractivity contribution in [1.29, 1.82) is 0 Å². The molecule has 2 aliphatic rings. The number of hydrogen-bond acceptors (Lipinski definition) is 7. The quantitative estimate of drug-likeness (QED) is 0.504. The van der Waals surface area contributed by atoms with Crippen molar-refractivity contribution in [2.24, 2.45) is 0 Å². The molecule has 34 heavy (non-hydrogen) atoms. The summed E-state index contributed by atoms with van der Waals surface area (Å²) in [5, 5.41) is 9.43. The zero-order valence-electron chi connectivity index (χ0n) is 19.1. The molecule has 1 aromatic heterocycles. The van der Waals surface area contributed by atoms with Crippen molar-refractivity contribution in [1.82, 2.24) is 24.7 Å². The second-order valence-electron chi connectivity index (χ2n) is 9.09. The van der Waals surface area contributed by atoms with Gasteiger partial charge < -0.3 is 20.9 Å². The molecule has 3 heterocycles. The Hall–Kier alpha value is -3.04. The summed E-state index contributed by atoms with van der Waals surface area (Å²) in [7, 11) is 0. The van der Waals surface area contributed by atoms with Crippen LogP contribution in [-0.2, 0) is 11.3 Å². The summed E-state index contributed by atoms with van der Waals surface area (Å²) in [5.74, 6) is -0.275. The van der Waals surface area contributed by atoms with Crippen molar-refractivity contribution in [2.45, 2.75) is 50.7 Å². The van der Waals surface area contributed by atoms with Crippen LogP contribution in [0.5, 0.6) is 0 Å². The molecule has 3 N–H and O–H groups in total. The molecule has 0 spiro atoms. The third-order valence-electron chi connectivity index (χ3n) is 6.74. The summed E-state index contributed by atoms with van der Waals surface area (Å²) < 4.78 is 8.59. The Balaban J connectivity index is 1.10. The molecule has 0 saturated carbocycles. The molecule has 8 nitrogen and oxygen atoms in total. The molecule has 178 valence electrons. The Morgan fingerprint density at radius 3 is 2.65 bits per heavy atom. The summed E-state index contributed by atoms with van der Waals surface area (Å²) in [6.07, 6.45) is 4.72. The van der Waals surface area contributed by atoms with E-state index in [4.69, 9.17) is 0 Å². The van der Waals surface area contributed by atoms with E-state index >= 15 is 0 Å². The van der Waals surface area contributed by atoms with Crippen molar-refractivity contribution in [3.8, 4) is 0 Å². The molecule has 5 rings (SSSR count). The summed E-state index contributed by atoms with van der Waals surface area (Å²) in [6, 6.07) is 14.0. The van der Waals surface area contributed by atoms with Gasteiger partial charge in [0.25, 0.3) is 5.91 Å². The number of aromatic nitrogens is 2. The smallest absolute Gasteiger partial charge is 0.251 e. The number of nitrogens with zero attached hydrogens (tertiary/aromatic N) is 3. The Kier molecular flexibility index (Phi) is 7.01. The van der Waals surface area contributed by atoms with E-state index < -0.39 is 6.04 Å². The lowest BCUT2D eigenvalue weighted by Crippen LogP contribution is -2.45. The van der Waals surface area contributed by atoms with Gasteiger partial charge in [0.15, 0.2) is 0 Å². The largest absolute Gasteiger partial charge is 0.371 e. The maximum absolute atomic E-state index is 12.6. The highest BCUT2D eigenvalue weighted by Crippen LogP contribution is 2.21. The Labute approximate surface area is 203 Å². The van der Waals surface area contributed by atoms with Crippen LogP contribution in [0, 0.1) is 0 Å². The minimum atomic E-state index is -0.443. The maximum Gasteiger partial charge on any atom is 0.251 e. The molecule has 2 amide bonds. The maximum atomic E-state index is 12.6. The number of benzene rings is 2. The fourth-order valence-corrected chi connectivity index (χ4v) is 5.20. The van der Waals surface area contributed by atoms with Gasteiger partial charge in [0, 0.05) is 43.5 Å². The number of hydrogen-bond donors (Lipinski definition) is 3. The lowest BCUT2D eigenvalue weighted by molar-refractivity contribution is -0.122. The predicted octanol–water partition coefficient (Wildman–Crippen LogP) is 2.85. The minimum Gasteiger partial charge on any atom is -0.371 e. The van der Waals surface area contributed by atoms with Gasteiger partial charge in [-0.25, -0.2) is 0 Å². The van der Waals surface area contributed by atoms with Crippen molar-refractivity contribution in [3.63, 3.8) is 0 Å². The highest BCUT2D eigenvalue weighted by molar-refractivity contribution is 7.00. The molecular weight excluding hydrogens is 448 g/mol. The van der Waals surface area contributed by atoms with E-state index in [1.54, 1.807) is 0 Å². The molecular formula is C25H30N6O2S. The number of nitrogens with one attached hydrogen (secondary N) is 3. The van der Waals surface area contributed by atoms with Gasteiger partial charge in [0.2, 0.25) is 5.91 Å². The summed E-state index contributed by atoms with van der Waals surface area (Å²) >= 11 is 1.25. The van der Waals surface area contributed by atoms with Gasteiger partial charge in [-0.3, -0.25) is 9.59 Å². The van der Waals surface area contributed by atoms with Crippen LogP contribution in [0.2, 0.25) is 0 Å². The zero-order chi connectivity index (χ0) is 23.3. The second-order valence-corrected chi connectivity index (χ2v) is 9.62. The average molecular weight is 479 g/mol. The topological polar surface area (TPSA) is 99.2 Å². The lowest BCUT2D eigenvalue weighted by Gasteiger charge is -2.34. The first-order chi connectivity index (χ1) is 16.7. The third kappa shape index (κ3) is 5.37. The van der Waals surface area contributed by atoms with Gasteiger partial charge in [-0.15, -0.1) is 0 Å². The standard InChI is InChI=1S/C25H30N6O2S/c32-24(28-22-3-1-2-12-26-25(22)33)18-5-7-20(8-6-18)31-13-10-19(11-14-31)27-16-17-4-9-21-23(15-17)30-34-29-21/h4-9,15,19,22,27H,1-3,10-14,16H2,(H,26,33)(H,28,32)/t22-/m0/s1. The number of piperidine rings is 1. The third-order valence-corrected chi connectivity index (χ3v) is 7.30. The fraction of sp³-hybridized carbons (Fsp3) is 0.440. The molecule has 0 unspecified atom stereocenters. The first-order valence-electron chi connectivity index (χ1n) is 12.0. The van der Waals surface area contributed by atoms with Gasteiger partial charge in [0.05, 0.1) is 11.7 Å². The minimum absolute atomic E-state index is 0.0837. The molecule has 9 heteroatoms. The zero-order valence-corrected chi connectivity index (χ0v) is 19.9. The molecule has 2 aliphatic heterocycles. The Morgan fingerprint density at radius 2 is 1.82 bits per heavy atom. The van der Waals surface area contributed by atoms with Crippen LogP contribution >= 0.6 is 11.7 Å². The molecule has 0 aliphatic carbocycles. The van der Waals surface area contributed by atoms with Crippen LogP contribution in [0.25, 0.3) is 11.0 Å². The average Bonchev–Trinajstić information content (AvgIpc) is 3.25. The number of carbonyl (C=O) groups is 2. The molecule has 0 radical (unpaired) electrons. The van der Waals surface area contributed by atoms with E-state index in [9.17, 15) is 9.59 Å². The second kappa shape index (κ2) is 10.5. The number of carbonyl (C=O) groups excluding carboxylic acids is 2. The van der Waals surface area contributed by atoms with E-state index in [1.165, 1.54) is 17.3 Å². The molecule has 2 saturated heterocycles. The fourth-order valence-electron chi connectivity index (χ4n) is 4.68. The SMILES string of the molecule is O=C(N[C@H]1CCCCNC1=O)c1ccc(N2CCC(NCc3ccc4nsnc4c3)CC2)cc1. The van der Waals surface area contributed by atoms with E-state index in [1.807, 2.05) is 30.3 Å². The van der Waals surface area contributed by atoms with Crippen molar-refractivity contribution in [3.05, 3.63) is 53.6 Å². The molecule has 2 aromatic carbocycles. The van der Waals surface area contributed by atoms with Crippen LogP contribution in [0.15, 0.2) is 42.5 Å². The van der Waals surface area contributed by atoms with Crippen LogP contribution in [0.3, 0.4) is 0 Å². The van der Waals surface area contributed by atoms with Gasteiger partial charge in [-0.05, 0) is 74.1 Å². The predicted molar refractivity (Wildman–Crippen MR) is 134 cm³/mol. The van der Waals surface area contributed by atoms with E-state index in [2.05, 4.69) is 41.7 Å². The summed E-state index contributed by atoms with van der Waals surface area (Å²) in [6.45, 7) is 3.47. The first kappa shape index (κ1) is 22.7. The summed E-state index contributed by atoms with van der Waals surface area (Å²) in [5.41, 5.74) is 4.88. The van der Waals surface area contributed by atoms with Crippen molar-refractivity contribution < 1.29 is 9.59 Å². The normalized spacial score (nSPS) is 19.6. The number of amides is 2. The summed E-state index contributed by atoms with van der Waals surface area (Å²) in [4.78, 5) is 27.1. The van der Waals surface area contributed by atoms with Crippen LogP contribution in [-0.4, -0.2) is 52.3 Å². The molecule has 2 fully saturated rings. The van der Waals surface area contributed by atoms with E-state index in [0.29, 0.717) is 24.6 Å². The highest BCUT2D eigenvalue weighted by Gasteiger charge is 2.23. The van der Waals surface area contributed by atoms with Crippen molar-refractivity contribution in [2.75, 3.05) is 24.5 Å². The molecule has 1 atom stereocenters. The van der Waals surface area contributed by atoms with Gasteiger partial charge in [0.1, 0.15) is 17.1 Å². The van der Waals surface area contributed by atoms with Gasteiger partial charge in [-0.2, -0.15) is 8.75 Å². The molecule has 0 bridgehead atoms. The van der Waals surface area contributed by atoms with Crippen LogP contribution < -0.4 is 20.9 Å². The van der Waals surface area contributed by atoms with E-state index in [-0.39, 0.29) is 11.8 Å². The van der Waals surface area contributed by atoms with Gasteiger partial charge >= 0.3 is 0 Å². The highest BCUT2D eigenvalue weighted by atomic mass is 32.1. The number of fused-ring (bicyclic) bond motifs is 1. The van der Waals surface area contributed by atoms with Crippen LogP contribution in [0.4, 0.5) is 5.69 Å².